The predicted molar refractivity (Wildman–Crippen MR) is 97.8 cm³/mol. The lowest BCUT2D eigenvalue weighted by molar-refractivity contribution is -0.121. The molecule has 1 aliphatic heterocycles. The van der Waals surface area contributed by atoms with E-state index in [4.69, 9.17) is 0 Å². The van der Waals surface area contributed by atoms with Crippen molar-refractivity contribution in [1.82, 2.24) is 4.90 Å². The molecule has 24 heavy (non-hydrogen) atoms. The molecule has 1 N–H and O–H groups in total. The Morgan fingerprint density at radius 3 is 2.25 bits per heavy atom. The summed E-state index contributed by atoms with van der Waals surface area (Å²) in [6.45, 7) is 1.23. The monoisotopic (exact) mass is 386 g/mol. The van der Waals surface area contributed by atoms with Crippen molar-refractivity contribution in [3.05, 3.63) is 64.6 Å². The molecule has 0 aliphatic carbocycles. The van der Waals surface area contributed by atoms with E-state index in [-0.39, 0.29) is 17.7 Å². The van der Waals surface area contributed by atoms with E-state index >= 15 is 0 Å². The van der Waals surface area contributed by atoms with Crippen molar-refractivity contribution < 1.29 is 9.59 Å². The first kappa shape index (κ1) is 16.7. The lowest BCUT2D eigenvalue weighted by atomic mass is 9.95. The molecule has 1 fully saturated rings. The quantitative estimate of drug-likeness (QED) is 0.868. The maximum atomic E-state index is 12.4. The summed E-state index contributed by atoms with van der Waals surface area (Å²) in [5.41, 5.74) is 1.49. The van der Waals surface area contributed by atoms with Crippen LogP contribution in [0.4, 0.5) is 5.69 Å². The number of halogens is 1. The molecule has 3 rings (SSSR count). The molecule has 2 aromatic carbocycles. The molecule has 1 saturated heterocycles. The summed E-state index contributed by atoms with van der Waals surface area (Å²) >= 11 is 3.44. The molecular weight excluding hydrogens is 368 g/mol. The molecule has 5 heteroatoms. The fraction of sp³-hybridized carbons (Fsp3) is 0.263. The Bertz CT molecular complexity index is 725. The van der Waals surface area contributed by atoms with E-state index in [2.05, 4.69) is 21.2 Å². The fourth-order valence-electron chi connectivity index (χ4n) is 2.91. The van der Waals surface area contributed by atoms with Crippen LogP contribution in [0.25, 0.3) is 0 Å². The van der Waals surface area contributed by atoms with Crippen molar-refractivity contribution in [3.63, 3.8) is 0 Å². The lowest BCUT2D eigenvalue weighted by Crippen LogP contribution is -2.41. The molecular formula is C19H19BrN2O2. The number of amides is 2. The van der Waals surface area contributed by atoms with Gasteiger partial charge in [-0.05, 0) is 53.0 Å². The second-order valence-electron chi connectivity index (χ2n) is 5.90. The van der Waals surface area contributed by atoms with Gasteiger partial charge in [0.2, 0.25) is 5.91 Å². The maximum Gasteiger partial charge on any atom is 0.253 e. The zero-order valence-corrected chi connectivity index (χ0v) is 14.8. The van der Waals surface area contributed by atoms with E-state index in [0.717, 1.165) is 10.2 Å². The van der Waals surface area contributed by atoms with Crippen LogP contribution in [0.3, 0.4) is 0 Å². The van der Waals surface area contributed by atoms with E-state index in [9.17, 15) is 9.59 Å². The summed E-state index contributed by atoms with van der Waals surface area (Å²) < 4.78 is 0.870. The number of rotatable bonds is 3. The van der Waals surface area contributed by atoms with Gasteiger partial charge in [0.1, 0.15) is 0 Å². The van der Waals surface area contributed by atoms with Gasteiger partial charge >= 0.3 is 0 Å². The molecule has 0 radical (unpaired) electrons. The molecule has 0 spiro atoms. The number of nitrogens with zero attached hydrogens (tertiary/aromatic N) is 1. The van der Waals surface area contributed by atoms with E-state index in [1.165, 1.54) is 0 Å². The summed E-state index contributed by atoms with van der Waals surface area (Å²) in [4.78, 5) is 26.7. The van der Waals surface area contributed by atoms with Gasteiger partial charge in [-0.3, -0.25) is 9.59 Å². The smallest absolute Gasteiger partial charge is 0.253 e. The van der Waals surface area contributed by atoms with Crippen LogP contribution < -0.4 is 5.32 Å². The van der Waals surface area contributed by atoms with Crippen LogP contribution in [0, 0.1) is 5.92 Å². The first-order chi connectivity index (χ1) is 11.6. The molecule has 2 aromatic rings. The summed E-state index contributed by atoms with van der Waals surface area (Å²) in [5, 5.41) is 2.97. The minimum absolute atomic E-state index is 0.0220. The highest BCUT2D eigenvalue weighted by atomic mass is 79.9. The minimum Gasteiger partial charge on any atom is -0.339 e. The first-order valence-electron chi connectivity index (χ1n) is 8.05. The predicted octanol–water partition coefficient (Wildman–Crippen LogP) is 3.94. The molecule has 0 saturated carbocycles. The number of likely N-dealkylation sites (tertiary alicyclic amines) is 1. The zero-order valence-electron chi connectivity index (χ0n) is 13.2. The third kappa shape index (κ3) is 3.85. The molecule has 1 heterocycles. The SMILES string of the molecule is O=C(Nc1ccccc1Br)C1CCN(C(=O)c2ccccc2)CC1. The van der Waals surface area contributed by atoms with Crippen molar-refractivity contribution in [1.29, 1.82) is 0 Å². The molecule has 1 aliphatic rings. The highest BCUT2D eigenvalue weighted by molar-refractivity contribution is 9.10. The number of carbonyl (C=O) groups is 2. The van der Waals surface area contributed by atoms with Crippen LogP contribution in [-0.4, -0.2) is 29.8 Å². The van der Waals surface area contributed by atoms with Gasteiger partial charge in [-0.15, -0.1) is 0 Å². The number of anilines is 1. The van der Waals surface area contributed by atoms with Crippen molar-refractivity contribution in [2.45, 2.75) is 12.8 Å². The number of hydrogen-bond donors (Lipinski definition) is 1. The van der Waals surface area contributed by atoms with E-state index in [1.54, 1.807) is 0 Å². The topological polar surface area (TPSA) is 49.4 Å². The zero-order chi connectivity index (χ0) is 16.9. The highest BCUT2D eigenvalue weighted by Gasteiger charge is 2.28. The summed E-state index contributed by atoms with van der Waals surface area (Å²) in [7, 11) is 0. The van der Waals surface area contributed by atoms with Crippen LogP contribution in [0.1, 0.15) is 23.2 Å². The van der Waals surface area contributed by atoms with Gasteiger partial charge in [0.05, 0.1) is 5.69 Å². The Hall–Kier alpha value is -2.14. The molecule has 0 bridgehead atoms. The van der Waals surface area contributed by atoms with Crippen LogP contribution in [0.15, 0.2) is 59.1 Å². The summed E-state index contributed by atoms with van der Waals surface area (Å²) in [6.07, 6.45) is 1.38. The molecule has 2 amide bonds. The number of hydrogen-bond acceptors (Lipinski definition) is 2. The van der Waals surface area contributed by atoms with Gasteiger partial charge in [-0.2, -0.15) is 0 Å². The molecule has 0 unspecified atom stereocenters. The Kier molecular flexibility index (Phi) is 5.30. The fourth-order valence-corrected chi connectivity index (χ4v) is 3.29. The van der Waals surface area contributed by atoms with Crippen molar-refractivity contribution >= 4 is 33.4 Å². The number of benzene rings is 2. The number of para-hydroxylation sites is 1. The van der Waals surface area contributed by atoms with Gasteiger partial charge in [-0.1, -0.05) is 30.3 Å². The van der Waals surface area contributed by atoms with Crippen LogP contribution in [-0.2, 0) is 4.79 Å². The average Bonchev–Trinajstić information content (AvgIpc) is 2.64. The van der Waals surface area contributed by atoms with Crippen molar-refractivity contribution in [3.8, 4) is 0 Å². The summed E-state index contributed by atoms with van der Waals surface area (Å²) in [6, 6.07) is 16.9. The second kappa shape index (κ2) is 7.62. The third-order valence-electron chi connectivity index (χ3n) is 4.31. The Morgan fingerprint density at radius 2 is 1.58 bits per heavy atom. The lowest BCUT2D eigenvalue weighted by Gasteiger charge is -2.31. The Morgan fingerprint density at radius 1 is 0.958 bits per heavy atom. The van der Waals surface area contributed by atoms with E-state index in [0.29, 0.717) is 31.5 Å². The van der Waals surface area contributed by atoms with Gasteiger partial charge in [0.25, 0.3) is 5.91 Å². The van der Waals surface area contributed by atoms with Crippen LogP contribution in [0.2, 0.25) is 0 Å². The number of carbonyl (C=O) groups excluding carboxylic acids is 2. The average molecular weight is 387 g/mol. The minimum atomic E-state index is -0.0584. The second-order valence-corrected chi connectivity index (χ2v) is 6.76. The highest BCUT2D eigenvalue weighted by Crippen LogP contribution is 2.25. The van der Waals surface area contributed by atoms with E-state index in [1.807, 2.05) is 59.5 Å². The Balaban J connectivity index is 1.56. The molecule has 4 nitrogen and oxygen atoms in total. The maximum absolute atomic E-state index is 12.4. The normalized spacial score (nSPS) is 15.1. The summed E-state index contributed by atoms with van der Waals surface area (Å²) in [5.74, 6) is 0.00546. The van der Waals surface area contributed by atoms with Crippen LogP contribution in [0.5, 0.6) is 0 Å². The largest absolute Gasteiger partial charge is 0.339 e. The number of nitrogens with one attached hydrogen (secondary N) is 1. The standard InChI is InChI=1S/C19H19BrN2O2/c20-16-8-4-5-9-17(16)21-18(23)14-10-12-22(13-11-14)19(24)15-6-2-1-3-7-15/h1-9,14H,10-13H2,(H,21,23). The molecule has 0 aromatic heterocycles. The van der Waals surface area contributed by atoms with Gasteiger partial charge in [0, 0.05) is 29.0 Å². The molecule has 0 atom stereocenters. The van der Waals surface area contributed by atoms with E-state index < -0.39 is 0 Å². The Labute approximate surface area is 150 Å². The first-order valence-corrected chi connectivity index (χ1v) is 8.84. The molecule has 124 valence electrons. The van der Waals surface area contributed by atoms with Gasteiger partial charge < -0.3 is 10.2 Å². The van der Waals surface area contributed by atoms with Crippen molar-refractivity contribution in [2.75, 3.05) is 18.4 Å². The number of piperidine rings is 1. The van der Waals surface area contributed by atoms with Gasteiger partial charge in [0.15, 0.2) is 0 Å². The van der Waals surface area contributed by atoms with Crippen molar-refractivity contribution in [2.24, 2.45) is 5.92 Å². The van der Waals surface area contributed by atoms with Gasteiger partial charge in [-0.25, -0.2) is 0 Å². The third-order valence-corrected chi connectivity index (χ3v) is 5.00. The van der Waals surface area contributed by atoms with Crippen LogP contribution >= 0.6 is 15.9 Å².